The van der Waals surface area contributed by atoms with Gasteiger partial charge in [-0.05, 0) is 27.3 Å². The van der Waals surface area contributed by atoms with Crippen LogP contribution in [-0.4, -0.2) is 37.0 Å². The third-order valence-corrected chi connectivity index (χ3v) is 1.94. The number of amides is 2. The van der Waals surface area contributed by atoms with Gasteiger partial charge in [0.1, 0.15) is 0 Å². The van der Waals surface area contributed by atoms with E-state index in [1.54, 1.807) is 0 Å². The minimum absolute atomic E-state index is 0.0514. The fraction of sp³-hybridized carbons (Fsp3) is 0.818. The molecule has 0 fully saturated rings. The number of carbonyl (C=O) groups excluding carboxylic acids is 2. The van der Waals surface area contributed by atoms with Crippen molar-refractivity contribution in [1.82, 2.24) is 16.0 Å². The monoisotopic (exact) mass is 229 g/mol. The van der Waals surface area contributed by atoms with E-state index < -0.39 is 0 Å². The number of hydrogen-bond donors (Lipinski definition) is 3. The van der Waals surface area contributed by atoms with Crippen LogP contribution in [0.4, 0.5) is 0 Å². The van der Waals surface area contributed by atoms with Gasteiger partial charge in [0.25, 0.3) is 0 Å². The molecule has 94 valence electrons. The van der Waals surface area contributed by atoms with Gasteiger partial charge in [0.2, 0.25) is 11.8 Å². The summed E-state index contributed by atoms with van der Waals surface area (Å²) in [5, 5.41) is 8.43. The lowest BCUT2D eigenvalue weighted by Gasteiger charge is -2.12. The number of rotatable bonds is 7. The summed E-state index contributed by atoms with van der Waals surface area (Å²) in [6.07, 6.45) is 0.392. The van der Waals surface area contributed by atoms with Gasteiger partial charge in [-0.25, -0.2) is 0 Å². The maximum atomic E-state index is 11.4. The highest BCUT2D eigenvalue weighted by atomic mass is 16.2. The Bertz CT molecular complexity index is 229. The van der Waals surface area contributed by atoms with Crippen LogP contribution in [0.3, 0.4) is 0 Å². The Kier molecular flexibility index (Phi) is 7.54. The van der Waals surface area contributed by atoms with Gasteiger partial charge in [0.15, 0.2) is 0 Å². The van der Waals surface area contributed by atoms with Crippen molar-refractivity contribution >= 4 is 11.8 Å². The van der Waals surface area contributed by atoms with Crippen molar-refractivity contribution in [3.05, 3.63) is 0 Å². The summed E-state index contributed by atoms with van der Waals surface area (Å²) >= 11 is 0. The molecule has 0 saturated carbocycles. The Balaban J connectivity index is 3.68. The van der Waals surface area contributed by atoms with Gasteiger partial charge in [-0.15, -0.1) is 0 Å². The Labute approximate surface area is 97.4 Å². The van der Waals surface area contributed by atoms with Crippen LogP contribution in [0.5, 0.6) is 0 Å². The zero-order valence-corrected chi connectivity index (χ0v) is 10.6. The standard InChI is InChI=1S/C11H23N3O2/c1-5-12-9(4)6-10(15)13-7-11(16)14-8(2)3/h8-9,12H,5-7H2,1-4H3,(H,13,15)(H,14,16). The average Bonchev–Trinajstić information content (AvgIpc) is 2.14. The van der Waals surface area contributed by atoms with Crippen molar-refractivity contribution in [3.8, 4) is 0 Å². The summed E-state index contributed by atoms with van der Waals surface area (Å²) in [5.74, 6) is -0.258. The lowest BCUT2D eigenvalue weighted by molar-refractivity contribution is -0.126. The highest BCUT2D eigenvalue weighted by Crippen LogP contribution is 1.89. The predicted molar refractivity (Wildman–Crippen MR) is 64.0 cm³/mol. The van der Waals surface area contributed by atoms with Crippen molar-refractivity contribution in [1.29, 1.82) is 0 Å². The first-order valence-electron chi connectivity index (χ1n) is 5.75. The Hall–Kier alpha value is -1.10. The SMILES string of the molecule is CCNC(C)CC(=O)NCC(=O)NC(C)C. The van der Waals surface area contributed by atoms with Crippen LogP contribution in [0.1, 0.15) is 34.1 Å². The topological polar surface area (TPSA) is 70.2 Å². The van der Waals surface area contributed by atoms with E-state index in [2.05, 4.69) is 16.0 Å². The van der Waals surface area contributed by atoms with Gasteiger partial charge in [0.05, 0.1) is 6.54 Å². The molecule has 5 heteroatoms. The summed E-state index contributed by atoms with van der Waals surface area (Å²) < 4.78 is 0. The molecule has 0 saturated heterocycles. The van der Waals surface area contributed by atoms with E-state index in [1.165, 1.54) is 0 Å². The van der Waals surface area contributed by atoms with Crippen LogP contribution in [0.2, 0.25) is 0 Å². The molecule has 0 rings (SSSR count). The first-order chi connectivity index (χ1) is 7.45. The maximum absolute atomic E-state index is 11.4. The quantitative estimate of drug-likeness (QED) is 0.576. The van der Waals surface area contributed by atoms with Gasteiger partial charge in [-0.1, -0.05) is 6.92 Å². The van der Waals surface area contributed by atoms with Crippen LogP contribution >= 0.6 is 0 Å². The van der Waals surface area contributed by atoms with Crippen molar-refractivity contribution in [2.45, 2.75) is 46.2 Å². The molecule has 3 N–H and O–H groups in total. The second-order valence-corrected chi connectivity index (χ2v) is 4.16. The van der Waals surface area contributed by atoms with E-state index in [4.69, 9.17) is 0 Å². The predicted octanol–water partition coefficient (Wildman–Crippen LogP) is 0.0153. The van der Waals surface area contributed by atoms with E-state index >= 15 is 0 Å². The van der Waals surface area contributed by atoms with Gasteiger partial charge in [0, 0.05) is 18.5 Å². The third kappa shape index (κ3) is 8.23. The second kappa shape index (κ2) is 8.10. The minimum atomic E-state index is -0.153. The third-order valence-electron chi connectivity index (χ3n) is 1.94. The molecule has 1 unspecified atom stereocenters. The van der Waals surface area contributed by atoms with Gasteiger partial charge in [-0.2, -0.15) is 0 Å². The lowest BCUT2D eigenvalue weighted by atomic mass is 10.2. The largest absolute Gasteiger partial charge is 0.352 e. The number of carbonyl (C=O) groups is 2. The highest BCUT2D eigenvalue weighted by molar-refractivity contribution is 5.84. The smallest absolute Gasteiger partial charge is 0.239 e. The van der Waals surface area contributed by atoms with E-state index in [1.807, 2.05) is 27.7 Å². The fourth-order valence-electron chi connectivity index (χ4n) is 1.32. The van der Waals surface area contributed by atoms with Crippen LogP contribution in [-0.2, 0) is 9.59 Å². The highest BCUT2D eigenvalue weighted by Gasteiger charge is 2.09. The number of hydrogen-bond acceptors (Lipinski definition) is 3. The molecule has 2 amide bonds. The van der Waals surface area contributed by atoms with E-state index in [0.29, 0.717) is 6.42 Å². The van der Waals surface area contributed by atoms with E-state index in [0.717, 1.165) is 6.54 Å². The second-order valence-electron chi connectivity index (χ2n) is 4.16. The summed E-state index contributed by atoms with van der Waals surface area (Å²) in [5.41, 5.74) is 0. The summed E-state index contributed by atoms with van der Waals surface area (Å²) in [7, 11) is 0. The molecule has 0 bridgehead atoms. The molecule has 5 nitrogen and oxygen atoms in total. The average molecular weight is 229 g/mol. The molecule has 0 radical (unpaired) electrons. The molecule has 0 aliphatic rings. The van der Waals surface area contributed by atoms with E-state index in [9.17, 15) is 9.59 Å². The van der Waals surface area contributed by atoms with Crippen LogP contribution in [0.15, 0.2) is 0 Å². The number of nitrogens with one attached hydrogen (secondary N) is 3. The van der Waals surface area contributed by atoms with Crippen molar-refractivity contribution in [2.24, 2.45) is 0 Å². The Morgan fingerprint density at radius 1 is 1.12 bits per heavy atom. The van der Waals surface area contributed by atoms with E-state index in [-0.39, 0.29) is 30.4 Å². The van der Waals surface area contributed by atoms with Crippen LogP contribution < -0.4 is 16.0 Å². The summed E-state index contributed by atoms with van der Waals surface area (Å²) in [4.78, 5) is 22.6. The molecule has 0 aromatic rings. The molecule has 1 atom stereocenters. The van der Waals surface area contributed by atoms with Crippen molar-refractivity contribution in [2.75, 3.05) is 13.1 Å². The first-order valence-corrected chi connectivity index (χ1v) is 5.75. The fourth-order valence-corrected chi connectivity index (χ4v) is 1.32. The summed E-state index contributed by atoms with van der Waals surface area (Å²) in [6, 6.07) is 0.239. The van der Waals surface area contributed by atoms with Crippen LogP contribution in [0, 0.1) is 0 Å². The summed E-state index contributed by atoms with van der Waals surface area (Å²) in [6.45, 7) is 8.58. The van der Waals surface area contributed by atoms with Gasteiger partial charge < -0.3 is 16.0 Å². The molecular formula is C11H23N3O2. The maximum Gasteiger partial charge on any atom is 0.239 e. The Morgan fingerprint density at radius 2 is 1.75 bits per heavy atom. The van der Waals surface area contributed by atoms with Crippen LogP contribution in [0.25, 0.3) is 0 Å². The zero-order valence-electron chi connectivity index (χ0n) is 10.6. The molecule has 0 spiro atoms. The van der Waals surface area contributed by atoms with Gasteiger partial charge in [-0.3, -0.25) is 9.59 Å². The van der Waals surface area contributed by atoms with Crippen molar-refractivity contribution in [3.63, 3.8) is 0 Å². The normalized spacial score (nSPS) is 12.3. The minimum Gasteiger partial charge on any atom is -0.352 e. The molecule has 0 aromatic carbocycles. The zero-order chi connectivity index (χ0) is 12.6. The van der Waals surface area contributed by atoms with Gasteiger partial charge >= 0.3 is 0 Å². The molecule has 0 aromatic heterocycles. The molecular weight excluding hydrogens is 206 g/mol. The lowest BCUT2D eigenvalue weighted by Crippen LogP contribution is -2.41. The molecule has 16 heavy (non-hydrogen) atoms. The molecule has 0 heterocycles. The van der Waals surface area contributed by atoms with Crippen molar-refractivity contribution < 1.29 is 9.59 Å². The molecule has 0 aliphatic carbocycles. The first kappa shape index (κ1) is 14.9. The Morgan fingerprint density at radius 3 is 2.25 bits per heavy atom. The molecule has 0 aliphatic heterocycles.